The lowest BCUT2D eigenvalue weighted by Crippen LogP contribution is -2.00. The van der Waals surface area contributed by atoms with Gasteiger partial charge in [-0.3, -0.25) is 0 Å². The number of aryl methyl sites for hydroxylation is 1. The van der Waals surface area contributed by atoms with Crippen molar-refractivity contribution < 1.29 is 14.1 Å². The number of nitrogens with two attached hydrogens (primary N) is 1. The van der Waals surface area contributed by atoms with Gasteiger partial charge in [-0.15, -0.1) is 0 Å². The van der Waals surface area contributed by atoms with Gasteiger partial charge >= 0.3 is 0 Å². The van der Waals surface area contributed by atoms with Crippen LogP contribution in [0.3, 0.4) is 0 Å². The van der Waals surface area contributed by atoms with Crippen LogP contribution in [0.15, 0.2) is 22.8 Å². The molecule has 0 aliphatic heterocycles. The van der Waals surface area contributed by atoms with E-state index in [-0.39, 0.29) is 6.61 Å². The van der Waals surface area contributed by atoms with Crippen LogP contribution in [0.2, 0.25) is 0 Å². The molecule has 0 saturated heterocycles. The Kier molecular flexibility index (Phi) is 3.13. The average molecular weight is 235 g/mol. The molecule has 1 heterocycles. The Balaban J connectivity index is 2.07. The van der Waals surface area contributed by atoms with E-state index in [0.717, 1.165) is 0 Å². The summed E-state index contributed by atoms with van der Waals surface area (Å²) >= 11 is 0. The second kappa shape index (κ2) is 4.73. The van der Waals surface area contributed by atoms with Crippen LogP contribution in [-0.4, -0.2) is 17.4 Å². The van der Waals surface area contributed by atoms with E-state index in [1.165, 1.54) is 0 Å². The Bertz CT molecular complexity index is 510. The topological polar surface area (TPSA) is 83.4 Å². The zero-order valence-electron chi connectivity index (χ0n) is 9.64. The van der Waals surface area contributed by atoms with Crippen molar-refractivity contribution in [1.82, 2.24) is 10.3 Å². The van der Waals surface area contributed by atoms with Crippen LogP contribution in [0, 0.1) is 6.92 Å². The summed E-state index contributed by atoms with van der Waals surface area (Å²) in [6.07, 6.45) is 0. The van der Waals surface area contributed by atoms with E-state index >= 15 is 0 Å². The molecule has 0 bridgehead atoms. The lowest BCUT2D eigenvalue weighted by molar-refractivity contribution is 0.270. The summed E-state index contributed by atoms with van der Waals surface area (Å²) in [7, 11) is 1.58. The number of ether oxygens (including phenoxy) is 2. The van der Waals surface area contributed by atoms with Gasteiger partial charge in [0.1, 0.15) is 29.5 Å². The highest BCUT2D eigenvalue weighted by molar-refractivity contribution is 5.56. The van der Waals surface area contributed by atoms with Gasteiger partial charge in [0.2, 0.25) is 0 Å². The van der Waals surface area contributed by atoms with Crippen LogP contribution in [0.5, 0.6) is 11.5 Å². The van der Waals surface area contributed by atoms with Gasteiger partial charge in [0.05, 0.1) is 12.8 Å². The molecule has 0 unspecified atom stereocenters. The second-order valence-electron chi connectivity index (χ2n) is 3.49. The molecule has 0 amide bonds. The molecule has 0 atom stereocenters. The van der Waals surface area contributed by atoms with Crippen LogP contribution in [0.25, 0.3) is 0 Å². The van der Waals surface area contributed by atoms with Gasteiger partial charge in [-0.1, -0.05) is 10.3 Å². The number of nitrogens with zero attached hydrogens (tertiary/aromatic N) is 2. The Labute approximate surface area is 98.3 Å². The number of anilines is 1. The molecule has 6 heteroatoms. The molecular weight excluding hydrogens is 222 g/mol. The predicted molar refractivity (Wildman–Crippen MR) is 60.8 cm³/mol. The zero-order chi connectivity index (χ0) is 12.3. The van der Waals surface area contributed by atoms with Gasteiger partial charge in [-0.2, -0.15) is 0 Å². The van der Waals surface area contributed by atoms with Crippen molar-refractivity contribution in [2.75, 3.05) is 12.8 Å². The summed E-state index contributed by atoms with van der Waals surface area (Å²) in [5.74, 6) is 1.27. The highest BCUT2D eigenvalue weighted by atomic mass is 16.6. The molecule has 0 spiro atoms. The smallest absolute Gasteiger partial charge is 0.145 e. The lowest BCUT2D eigenvalue weighted by atomic mass is 10.3. The molecule has 0 aliphatic rings. The molecule has 0 fully saturated rings. The van der Waals surface area contributed by atoms with E-state index in [1.54, 1.807) is 32.2 Å². The Morgan fingerprint density at radius 3 is 2.76 bits per heavy atom. The first-order chi connectivity index (χ1) is 8.20. The van der Waals surface area contributed by atoms with Crippen molar-refractivity contribution in [2.45, 2.75) is 13.5 Å². The minimum absolute atomic E-state index is 0.270. The van der Waals surface area contributed by atoms with Crippen LogP contribution < -0.4 is 15.2 Å². The van der Waals surface area contributed by atoms with Crippen LogP contribution >= 0.6 is 0 Å². The van der Waals surface area contributed by atoms with Crippen LogP contribution in [-0.2, 0) is 6.61 Å². The largest absolute Gasteiger partial charge is 0.497 e. The monoisotopic (exact) mass is 235 g/mol. The number of aromatic nitrogens is 2. The van der Waals surface area contributed by atoms with E-state index in [9.17, 15) is 0 Å². The Hall–Kier alpha value is -2.24. The summed E-state index contributed by atoms with van der Waals surface area (Å²) < 4.78 is 15.1. The van der Waals surface area contributed by atoms with Crippen molar-refractivity contribution in [2.24, 2.45) is 0 Å². The first-order valence-corrected chi connectivity index (χ1v) is 5.05. The number of hydrogen-bond acceptors (Lipinski definition) is 6. The van der Waals surface area contributed by atoms with E-state index < -0.39 is 0 Å². The highest BCUT2D eigenvalue weighted by Crippen LogP contribution is 2.26. The van der Waals surface area contributed by atoms with Gasteiger partial charge in [-0.25, -0.2) is 4.63 Å². The van der Waals surface area contributed by atoms with Gasteiger partial charge < -0.3 is 15.2 Å². The molecule has 1 aromatic heterocycles. The van der Waals surface area contributed by atoms with Crippen LogP contribution in [0.1, 0.15) is 11.4 Å². The maximum Gasteiger partial charge on any atom is 0.145 e. The maximum atomic E-state index is 5.81. The molecular formula is C11H13N3O3. The van der Waals surface area contributed by atoms with Crippen molar-refractivity contribution in [3.05, 3.63) is 29.6 Å². The number of benzene rings is 1. The summed E-state index contributed by atoms with van der Waals surface area (Å²) in [5, 5.41) is 7.38. The molecule has 2 rings (SSSR count). The maximum absolute atomic E-state index is 5.81. The van der Waals surface area contributed by atoms with E-state index in [2.05, 4.69) is 14.9 Å². The van der Waals surface area contributed by atoms with E-state index in [1.807, 2.05) is 0 Å². The zero-order valence-corrected chi connectivity index (χ0v) is 9.64. The van der Waals surface area contributed by atoms with E-state index in [0.29, 0.717) is 28.6 Å². The Morgan fingerprint density at radius 2 is 2.18 bits per heavy atom. The molecule has 2 N–H and O–H groups in total. The molecule has 0 radical (unpaired) electrons. The third kappa shape index (κ3) is 2.47. The van der Waals surface area contributed by atoms with Gasteiger partial charge in [0, 0.05) is 6.07 Å². The quantitative estimate of drug-likeness (QED) is 0.809. The van der Waals surface area contributed by atoms with Crippen molar-refractivity contribution >= 4 is 5.69 Å². The molecule has 0 saturated carbocycles. The summed E-state index contributed by atoms with van der Waals surface area (Å²) in [6, 6.07) is 5.22. The fraction of sp³-hybridized carbons (Fsp3) is 0.273. The number of rotatable bonds is 4. The average Bonchev–Trinajstić information content (AvgIpc) is 2.73. The van der Waals surface area contributed by atoms with E-state index in [4.69, 9.17) is 15.2 Å². The predicted octanol–water partition coefficient (Wildman–Crippen LogP) is 1.55. The standard InChI is InChI=1S/C11H13N3O3/c1-7-10(14-17-13-7)6-16-11-4-3-8(15-2)5-9(11)12/h3-5H,6,12H2,1-2H3. The SMILES string of the molecule is COc1ccc(OCc2nonc2C)c(N)c1. The van der Waals surface area contributed by atoms with Crippen molar-refractivity contribution in [3.63, 3.8) is 0 Å². The first kappa shape index (κ1) is 11.3. The third-order valence-corrected chi connectivity index (χ3v) is 2.33. The lowest BCUT2D eigenvalue weighted by Gasteiger charge is -2.08. The minimum atomic E-state index is 0.270. The summed E-state index contributed by atoms with van der Waals surface area (Å²) in [4.78, 5) is 0. The number of hydrogen-bond donors (Lipinski definition) is 1. The second-order valence-corrected chi connectivity index (χ2v) is 3.49. The molecule has 17 heavy (non-hydrogen) atoms. The van der Waals surface area contributed by atoms with Crippen LogP contribution in [0.4, 0.5) is 5.69 Å². The minimum Gasteiger partial charge on any atom is -0.497 e. The highest BCUT2D eigenvalue weighted by Gasteiger charge is 2.08. The van der Waals surface area contributed by atoms with Crippen molar-refractivity contribution in [3.8, 4) is 11.5 Å². The Morgan fingerprint density at radius 1 is 1.35 bits per heavy atom. The van der Waals surface area contributed by atoms with Gasteiger partial charge in [-0.05, 0) is 19.1 Å². The fourth-order valence-corrected chi connectivity index (χ4v) is 1.31. The van der Waals surface area contributed by atoms with Gasteiger partial charge in [0.15, 0.2) is 0 Å². The first-order valence-electron chi connectivity index (χ1n) is 5.05. The molecule has 90 valence electrons. The molecule has 0 aliphatic carbocycles. The summed E-state index contributed by atoms with van der Waals surface area (Å²) in [5.41, 5.74) is 7.68. The molecule has 2 aromatic rings. The van der Waals surface area contributed by atoms with Gasteiger partial charge in [0.25, 0.3) is 0 Å². The number of nitrogen functional groups attached to an aromatic ring is 1. The fourth-order valence-electron chi connectivity index (χ4n) is 1.31. The molecule has 1 aromatic carbocycles. The normalized spacial score (nSPS) is 10.2. The molecule has 6 nitrogen and oxygen atoms in total. The number of methoxy groups -OCH3 is 1. The summed E-state index contributed by atoms with van der Waals surface area (Å²) in [6.45, 7) is 2.07. The third-order valence-electron chi connectivity index (χ3n) is 2.33. The van der Waals surface area contributed by atoms with Crippen molar-refractivity contribution in [1.29, 1.82) is 0 Å².